The minimum Gasteiger partial charge on any atom is -0.494 e. The van der Waals surface area contributed by atoms with Gasteiger partial charge in [0.15, 0.2) is 5.75 Å². The number of nitrogens with one attached hydrogen (secondary N) is 1. The van der Waals surface area contributed by atoms with Gasteiger partial charge in [-0.1, -0.05) is 6.07 Å². The molecule has 0 saturated heterocycles. The summed E-state index contributed by atoms with van der Waals surface area (Å²) >= 11 is 1.24. The van der Waals surface area contributed by atoms with E-state index in [4.69, 9.17) is 4.74 Å². The lowest BCUT2D eigenvalue weighted by Gasteiger charge is -2.08. The largest absolute Gasteiger partial charge is 0.494 e. The first kappa shape index (κ1) is 12.8. The molecule has 18 heavy (non-hydrogen) atoms. The highest BCUT2D eigenvalue weighted by atomic mass is 32.1. The molecule has 0 atom stereocenters. The molecule has 0 aliphatic rings. The highest BCUT2D eigenvalue weighted by Crippen LogP contribution is 2.39. The summed E-state index contributed by atoms with van der Waals surface area (Å²) in [6.45, 7) is 3.75. The average molecular weight is 267 g/mol. The van der Waals surface area contributed by atoms with Crippen molar-refractivity contribution in [3.05, 3.63) is 28.9 Å². The molecular weight excluding hydrogens is 253 g/mol. The predicted molar refractivity (Wildman–Crippen MR) is 70.9 cm³/mol. The maximum absolute atomic E-state index is 13.8. The first-order valence-electron chi connectivity index (χ1n) is 5.60. The van der Waals surface area contributed by atoms with Crippen LogP contribution < -0.4 is 10.1 Å². The van der Waals surface area contributed by atoms with Crippen LogP contribution in [0.4, 0.5) is 4.39 Å². The van der Waals surface area contributed by atoms with Gasteiger partial charge >= 0.3 is 0 Å². The van der Waals surface area contributed by atoms with E-state index in [0.29, 0.717) is 20.7 Å². The molecule has 0 saturated carbocycles. The highest BCUT2D eigenvalue weighted by Gasteiger charge is 2.21. The number of thiophene rings is 1. The first-order valence-corrected chi connectivity index (χ1v) is 6.42. The van der Waals surface area contributed by atoms with E-state index >= 15 is 0 Å². The molecule has 3 nitrogen and oxygen atoms in total. The molecule has 0 aliphatic carbocycles. The van der Waals surface area contributed by atoms with Crippen molar-refractivity contribution in [1.82, 2.24) is 5.32 Å². The maximum Gasteiger partial charge on any atom is 0.265 e. The van der Waals surface area contributed by atoms with Crippen molar-refractivity contribution in [3.63, 3.8) is 0 Å². The molecule has 1 aromatic heterocycles. The summed E-state index contributed by atoms with van der Waals surface area (Å²) in [4.78, 5) is 12.4. The van der Waals surface area contributed by atoms with Crippen molar-refractivity contribution in [1.29, 1.82) is 0 Å². The van der Waals surface area contributed by atoms with Gasteiger partial charge in [-0.3, -0.25) is 4.79 Å². The van der Waals surface area contributed by atoms with Gasteiger partial charge in [-0.2, -0.15) is 0 Å². The number of carbonyl (C=O) groups excluding carboxylic acids is 1. The molecule has 2 rings (SSSR count). The smallest absolute Gasteiger partial charge is 0.265 e. The molecule has 0 spiro atoms. The molecule has 1 aromatic carbocycles. The van der Waals surface area contributed by atoms with Crippen molar-refractivity contribution in [2.45, 2.75) is 19.9 Å². The van der Waals surface area contributed by atoms with Gasteiger partial charge in [0.05, 0.1) is 12.5 Å². The normalized spacial score (nSPS) is 10.9. The zero-order chi connectivity index (χ0) is 13.3. The lowest BCUT2D eigenvalue weighted by atomic mass is 10.2. The molecule has 0 unspecified atom stereocenters. The number of amides is 1. The third-order valence-corrected chi connectivity index (χ3v) is 3.59. The molecule has 0 aliphatic heterocycles. The van der Waals surface area contributed by atoms with Crippen molar-refractivity contribution < 1.29 is 13.9 Å². The van der Waals surface area contributed by atoms with Crippen molar-refractivity contribution in [2.24, 2.45) is 0 Å². The van der Waals surface area contributed by atoms with Crippen LogP contribution in [0.3, 0.4) is 0 Å². The monoisotopic (exact) mass is 267 g/mol. The Labute approximate surface area is 109 Å². The number of carbonyl (C=O) groups is 1. The first-order chi connectivity index (χ1) is 8.54. The summed E-state index contributed by atoms with van der Waals surface area (Å²) in [7, 11) is 1.44. The Hall–Kier alpha value is -1.62. The van der Waals surface area contributed by atoms with E-state index in [0.717, 1.165) is 0 Å². The van der Waals surface area contributed by atoms with Crippen LogP contribution in [0.1, 0.15) is 23.5 Å². The fourth-order valence-corrected chi connectivity index (χ4v) is 2.84. The molecule has 0 radical (unpaired) electrons. The molecule has 1 heterocycles. The second-order valence-corrected chi connectivity index (χ2v) is 5.26. The van der Waals surface area contributed by atoms with E-state index in [1.807, 2.05) is 13.8 Å². The maximum atomic E-state index is 13.8. The topological polar surface area (TPSA) is 38.3 Å². The van der Waals surface area contributed by atoms with Gasteiger partial charge in [0, 0.05) is 10.7 Å². The van der Waals surface area contributed by atoms with E-state index in [-0.39, 0.29) is 17.8 Å². The molecule has 2 aromatic rings. The molecule has 5 heteroatoms. The summed E-state index contributed by atoms with van der Waals surface area (Å²) in [5.41, 5.74) is 0. The van der Waals surface area contributed by atoms with Crippen LogP contribution in [-0.4, -0.2) is 19.1 Å². The third-order valence-electron chi connectivity index (χ3n) is 2.45. The average Bonchev–Trinajstić information content (AvgIpc) is 2.68. The van der Waals surface area contributed by atoms with Crippen LogP contribution in [0.5, 0.6) is 5.75 Å². The number of ether oxygens (including phenoxy) is 1. The van der Waals surface area contributed by atoms with Gasteiger partial charge in [0.2, 0.25) is 0 Å². The second kappa shape index (κ2) is 4.94. The summed E-state index contributed by atoms with van der Waals surface area (Å²) < 4.78 is 19.7. The molecule has 1 amide bonds. The summed E-state index contributed by atoms with van der Waals surface area (Å²) in [6, 6.07) is 4.79. The second-order valence-electron chi connectivity index (χ2n) is 4.21. The standard InChI is InChI=1S/C13H14FNO2S/c1-7(2)15-13(16)12-11(17-3)10-8(14)5-4-6-9(10)18-12/h4-7H,1-3H3,(H,15,16). The van der Waals surface area contributed by atoms with Crippen LogP contribution in [0.25, 0.3) is 10.1 Å². The van der Waals surface area contributed by atoms with E-state index in [9.17, 15) is 9.18 Å². The van der Waals surface area contributed by atoms with E-state index in [2.05, 4.69) is 5.32 Å². The Kier molecular flexibility index (Phi) is 3.52. The van der Waals surface area contributed by atoms with Gasteiger partial charge in [-0.15, -0.1) is 11.3 Å². The Morgan fingerprint density at radius 3 is 2.78 bits per heavy atom. The van der Waals surface area contributed by atoms with Crippen LogP contribution in [0, 0.1) is 5.82 Å². The third kappa shape index (κ3) is 2.18. The Balaban J connectivity index is 2.58. The Morgan fingerprint density at radius 2 is 2.17 bits per heavy atom. The van der Waals surface area contributed by atoms with Gasteiger partial charge in [0.1, 0.15) is 10.7 Å². The van der Waals surface area contributed by atoms with Gasteiger partial charge in [0.25, 0.3) is 5.91 Å². The number of fused-ring (bicyclic) bond motifs is 1. The lowest BCUT2D eigenvalue weighted by Crippen LogP contribution is -2.29. The fraction of sp³-hybridized carbons (Fsp3) is 0.308. The Morgan fingerprint density at radius 1 is 1.44 bits per heavy atom. The molecule has 0 bridgehead atoms. The zero-order valence-electron chi connectivity index (χ0n) is 10.4. The van der Waals surface area contributed by atoms with Gasteiger partial charge in [-0.05, 0) is 26.0 Å². The van der Waals surface area contributed by atoms with Crippen LogP contribution in [0.15, 0.2) is 18.2 Å². The zero-order valence-corrected chi connectivity index (χ0v) is 11.2. The number of methoxy groups -OCH3 is 1. The molecule has 0 fully saturated rings. The Bertz CT molecular complexity index is 592. The van der Waals surface area contributed by atoms with E-state index in [1.54, 1.807) is 12.1 Å². The fourth-order valence-electron chi connectivity index (χ4n) is 1.75. The van der Waals surface area contributed by atoms with Crippen molar-refractivity contribution in [3.8, 4) is 5.75 Å². The summed E-state index contributed by atoms with van der Waals surface area (Å²) in [6.07, 6.45) is 0. The van der Waals surface area contributed by atoms with Gasteiger partial charge in [-0.25, -0.2) is 4.39 Å². The van der Waals surface area contributed by atoms with E-state index in [1.165, 1.54) is 24.5 Å². The number of hydrogen-bond donors (Lipinski definition) is 1. The van der Waals surface area contributed by atoms with Crippen LogP contribution in [0.2, 0.25) is 0 Å². The molecule has 1 N–H and O–H groups in total. The van der Waals surface area contributed by atoms with Crippen LogP contribution >= 0.6 is 11.3 Å². The van der Waals surface area contributed by atoms with Crippen molar-refractivity contribution >= 4 is 27.3 Å². The van der Waals surface area contributed by atoms with Crippen molar-refractivity contribution in [2.75, 3.05) is 7.11 Å². The van der Waals surface area contributed by atoms with Gasteiger partial charge < -0.3 is 10.1 Å². The minimum atomic E-state index is -0.371. The molecule has 96 valence electrons. The lowest BCUT2D eigenvalue weighted by molar-refractivity contribution is 0.0944. The number of benzene rings is 1. The summed E-state index contributed by atoms with van der Waals surface area (Å²) in [5.74, 6) is -0.294. The number of hydrogen-bond acceptors (Lipinski definition) is 3. The number of rotatable bonds is 3. The minimum absolute atomic E-state index is 0.0252. The predicted octanol–water partition coefficient (Wildman–Crippen LogP) is 3.19. The van der Waals surface area contributed by atoms with Crippen LogP contribution in [-0.2, 0) is 0 Å². The number of halogens is 1. The molecular formula is C13H14FNO2S. The quantitative estimate of drug-likeness (QED) is 0.927. The SMILES string of the molecule is COc1c(C(=O)NC(C)C)sc2cccc(F)c12. The highest BCUT2D eigenvalue weighted by molar-refractivity contribution is 7.21. The van der Waals surface area contributed by atoms with E-state index < -0.39 is 0 Å². The summed E-state index contributed by atoms with van der Waals surface area (Å²) in [5, 5.41) is 3.16.